The first kappa shape index (κ1) is 19.8. The molecule has 2 N–H and O–H groups in total. The standard InChI is InChI=1S/C17H25N3O6/c1-4-25-16(22)14-5-6-20(19-14)17(2)15(21)11-13(12-18-17)26-10-9-24-8-7-23-3/h5-6,11-12,18,21H,4,7-10H2,1-3H3. The first-order valence-corrected chi connectivity index (χ1v) is 8.33. The molecule has 144 valence electrons. The molecule has 0 aromatic carbocycles. The van der Waals surface area contributed by atoms with Crippen LogP contribution in [0, 0.1) is 0 Å². The minimum absolute atomic E-state index is 0.00573. The van der Waals surface area contributed by atoms with Gasteiger partial charge < -0.3 is 29.4 Å². The summed E-state index contributed by atoms with van der Waals surface area (Å²) in [5, 5.41) is 17.6. The van der Waals surface area contributed by atoms with Gasteiger partial charge in [-0.15, -0.1) is 0 Å². The Kier molecular flexibility index (Phi) is 7.05. The van der Waals surface area contributed by atoms with E-state index in [0.29, 0.717) is 32.2 Å². The SMILES string of the molecule is CCOC(=O)c1ccn(C2(C)NC=C(OCCOCCOC)C=C2O)n1. The first-order valence-electron chi connectivity index (χ1n) is 8.33. The number of esters is 1. The fourth-order valence-electron chi connectivity index (χ4n) is 2.22. The van der Waals surface area contributed by atoms with Gasteiger partial charge in [0, 0.05) is 25.6 Å². The van der Waals surface area contributed by atoms with Gasteiger partial charge in [-0.3, -0.25) is 0 Å². The molecule has 0 aliphatic carbocycles. The number of dihydropyridines is 1. The second-order valence-electron chi connectivity index (χ2n) is 5.61. The van der Waals surface area contributed by atoms with E-state index in [2.05, 4.69) is 10.4 Å². The summed E-state index contributed by atoms with van der Waals surface area (Å²) in [6.07, 6.45) is 4.71. The highest BCUT2D eigenvalue weighted by molar-refractivity contribution is 5.87. The third-order valence-electron chi connectivity index (χ3n) is 3.73. The number of carbonyl (C=O) groups is 1. The van der Waals surface area contributed by atoms with Crippen LogP contribution in [-0.4, -0.2) is 61.0 Å². The van der Waals surface area contributed by atoms with E-state index >= 15 is 0 Å². The highest BCUT2D eigenvalue weighted by atomic mass is 16.5. The van der Waals surface area contributed by atoms with Crippen molar-refractivity contribution in [1.29, 1.82) is 0 Å². The molecule has 0 spiro atoms. The van der Waals surface area contributed by atoms with E-state index in [9.17, 15) is 9.90 Å². The van der Waals surface area contributed by atoms with E-state index in [-0.39, 0.29) is 18.1 Å². The van der Waals surface area contributed by atoms with Crippen molar-refractivity contribution < 1.29 is 28.8 Å². The molecule has 1 aromatic heterocycles. The molecule has 1 unspecified atom stereocenters. The summed E-state index contributed by atoms with van der Waals surface area (Å²) >= 11 is 0. The fraction of sp³-hybridized carbons (Fsp3) is 0.529. The van der Waals surface area contributed by atoms with Crippen LogP contribution in [0.2, 0.25) is 0 Å². The van der Waals surface area contributed by atoms with Crippen molar-refractivity contribution >= 4 is 5.97 Å². The molecule has 26 heavy (non-hydrogen) atoms. The molecule has 0 amide bonds. The average molecular weight is 367 g/mol. The molecule has 9 heteroatoms. The van der Waals surface area contributed by atoms with Crippen LogP contribution in [0.3, 0.4) is 0 Å². The fourth-order valence-corrected chi connectivity index (χ4v) is 2.22. The van der Waals surface area contributed by atoms with E-state index in [1.54, 1.807) is 33.4 Å². The van der Waals surface area contributed by atoms with Gasteiger partial charge in [-0.1, -0.05) is 0 Å². The molecule has 1 aliphatic heterocycles. The maximum Gasteiger partial charge on any atom is 0.358 e. The van der Waals surface area contributed by atoms with Crippen molar-refractivity contribution in [2.24, 2.45) is 0 Å². The lowest BCUT2D eigenvalue weighted by Gasteiger charge is -2.32. The molecule has 1 aliphatic rings. The van der Waals surface area contributed by atoms with E-state index in [4.69, 9.17) is 18.9 Å². The van der Waals surface area contributed by atoms with E-state index in [0.717, 1.165) is 0 Å². The molecule has 2 heterocycles. The number of nitrogens with zero attached hydrogens (tertiary/aromatic N) is 2. The molecule has 9 nitrogen and oxygen atoms in total. The summed E-state index contributed by atoms with van der Waals surface area (Å²) in [7, 11) is 1.61. The summed E-state index contributed by atoms with van der Waals surface area (Å²) in [6.45, 7) is 5.50. The Morgan fingerprint density at radius 2 is 2.12 bits per heavy atom. The molecule has 0 fully saturated rings. The van der Waals surface area contributed by atoms with Gasteiger partial charge >= 0.3 is 5.97 Å². The largest absolute Gasteiger partial charge is 0.508 e. The Morgan fingerprint density at radius 1 is 1.35 bits per heavy atom. The normalized spacial score (nSPS) is 19.3. The van der Waals surface area contributed by atoms with Gasteiger partial charge in [-0.25, -0.2) is 9.48 Å². The Bertz CT molecular complexity index is 669. The molecule has 0 saturated carbocycles. The Morgan fingerprint density at radius 3 is 2.81 bits per heavy atom. The lowest BCUT2D eigenvalue weighted by Crippen LogP contribution is -2.46. The molecule has 1 atom stereocenters. The smallest absolute Gasteiger partial charge is 0.358 e. The van der Waals surface area contributed by atoms with Crippen LogP contribution in [0.1, 0.15) is 24.3 Å². The van der Waals surface area contributed by atoms with Gasteiger partial charge in [0.1, 0.15) is 18.1 Å². The number of carbonyl (C=O) groups excluding carboxylic acids is 1. The van der Waals surface area contributed by atoms with Gasteiger partial charge in [0.2, 0.25) is 0 Å². The molecule has 0 bridgehead atoms. The number of aliphatic hydroxyl groups excluding tert-OH is 1. The zero-order chi connectivity index (χ0) is 19.0. The summed E-state index contributed by atoms with van der Waals surface area (Å²) in [6, 6.07) is 1.53. The van der Waals surface area contributed by atoms with Gasteiger partial charge in [0.25, 0.3) is 0 Å². The van der Waals surface area contributed by atoms with Crippen molar-refractivity contribution in [3.05, 3.63) is 41.8 Å². The van der Waals surface area contributed by atoms with Gasteiger partial charge in [-0.05, 0) is 19.9 Å². The summed E-state index contributed by atoms with van der Waals surface area (Å²) in [5.74, 6) is -0.0518. The minimum Gasteiger partial charge on any atom is -0.508 e. The van der Waals surface area contributed by atoms with Gasteiger partial charge in [0.05, 0.1) is 26.4 Å². The van der Waals surface area contributed by atoms with Crippen LogP contribution in [-0.2, 0) is 24.6 Å². The van der Waals surface area contributed by atoms with Crippen molar-refractivity contribution in [2.45, 2.75) is 19.5 Å². The third kappa shape index (κ3) is 4.77. The van der Waals surface area contributed by atoms with E-state index < -0.39 is 11.6 Å². The second kappa shape index (κ2) is 9.25. The first-order chi connectivity index (χ1) is 12.5. The number of allylic oxidation sites excluding steroid dienone is 1. The quantitative estimate of drug-likeness (QED) is 0.471. The summed E-state index contributed by atoms with van der Waals surface area (Å²) in [4.78, 5) is 11.7. The second-order valence-corrected chi connectivity index (χ2v) is 5.61. The van der Waals surface area contributed by atoms with Crippen LogP contribution >= 0.6 is 0 Å². The Balaban J connectivity index is 1.93. The van der Waals surface area contributed by atoms with Crippen LogP contribution < -0.4 is 5.32 Å². The summed E-state index contributed by atoms with van der Waals surface area (Å²) in [5.41, 5.74) is -0.867. The number of methoxy groups -OCH3 is 1. The number of rotatable bonds is 10. The number of ether oxygens (including phenoxy) is 4. The topological polar surface area (TPSA) is 104 Å². The number of aromatic nitrogens is 2. The predicted molar refractivity (Wildman–Crippen MR) is 92.4 cm³/mol. The molecule has 0 radical (unpaired) electrons. The molecule has 2 rings (SSSR count). The molecular weight excluding hydrogens is 342 g/mol. The number of aliphatic hydroxyl groups is 1. The summed E-state index contributed by atoms with van der Waals surface area (Å²) < 4.78 is 22.1. The van der Waals surface area contributed by atoms with Crippen molar-refractivity contribution in [1.82, 2.24) is 15.1 Å². The number of hydrogen-bond acceptors (Lipinski definition) is 8. The predicted octanol–water partition coefficient (Wildman–Crippen LogP) is 1.30. The average Bonchev–Trinajstić information content (AvgIpc) is 3.12. The number of hydrogen-bond donors (Lipinski definition) is 2. The molecule has 1 aromatic rings. The van der Waals surface area contributed by atoms with Crippen LogP contribution in [0.15, 0.2) is 36.1 Å². The van der Waals surface area contributed by atoms with Crippen LogP contribution in [0.5, 0.6) is 0 Å². The van der Waals surface area contributed by atoms with Gasteiger partial charge in [-0.2, -0.15) is 5.10 Å². The van der Waals surface area contributed by atoms with Crippen molar-refractivity contribution in [2.75, 3.05) is 40.1 Å². The highest BCUT2D eigenvalue weighted by Crippen LogP contribution is 2.25. The zero-order valence-electron chi connectivity index (χ0n) is 15.2. The third-order valence-corrected chi connectivity index (χ3v) is 3.73. The lowest BCUT2D eigenvalue weighted by atomic mass is 10.1. The highest BCUT2D eigenvalue weighted by Gasteiger charge is 2.34. The van der Waals surface area contributed by atoms with E-state index in [1.165, 1.54) is 16.8 Å². The van der Waals surface area contributed by atoms with Crippen molar-refractivity contribution in [3.63, 3.8) is 0 Å². The van der Waals surface area contributed by atoms with E-state index in [1.807, 2.05) is 0 Å². The minimum atomic E-state index is -1.04. The molecule has 0 saturated heterocycles. The maximum atomic E-state index is 11.7. The van der Waals surface area contributed by atoms with Crippen LogP contribution in [0.4, 0.5) is 0 Å². The molecular formula is C17H25N3O6. The maximum absolute atomic E-state index is 11.7. The van der Waals surface area contributed by atoms with Crippen LogP contribution in [0.25, 0.3) is 0 Å². The Labute approximate surface area is 152 Å². The number of nitrogens with one attached hydrogen (secondary N) is 1. The zero-order valence-corrected chi connectivity index (χ0v) is 15.2. The Hall–Kier alpha value is -2.52. The monoisotopic (exact) mass is 367 g/mol. The van der Waals surface area contributed by atoms with Gasteiger partial charge in [0.15, 0.2) is 11.4 Å². The lowest BCUT2D eigenvalue weighted by molar-refractivity contribution is 0.0417. The van der Waals surface area contributed by atoms with Crippen molar-refractivity contribution in [3.8, 4) is 0 Å².